The standard InChI is InChI=1S/C22H22O13/c1-32-21-19-13(10(26)5-11(33-19)7-2-3-8(24)9(25)4-7)15(28)17(30)20(21)35-22-18(31)16(29)14(27)12(6-23)34-22/h2-5,12,14,16,18,22-25,27-31H,6H2,1H3/t12-,14-,16+,18-,22+/m1/s1. The molecule has 4 rings (SSSR count). The highest BCUT2D eigenvalue weighted by Gasteiger charge is 2.45. The number of phenolic OH excluding ortho intramolecular Hbond substituents is 4. The van der Waals surface area contributed by atoms with Crippen molar-refractivity contribution in [2.45, 2.75) is 30.7 Å². The van der Waals surface area contributed by atoms with Crippen LogP contribution in [0.2, 0.25) is 0 Å². The first-order chi connectivity index (χ1) is 16.6. The topological polar surface area (TPSA) is 220 Å². The van der Waals surface area contributed by atoms with E-state index in [-0.39, 0.29) is 11.3 Å². The minimum atomic E-state index is -1.85. The van der Waals surface area contributed by atoms with Crippen molar-refractivity contribution in [1.82, 2.24) is 0 Å². The summed E-state index contributed by atoms with van der Waals surface area (Å²) in [7, 11) is 1.13. The van der Waals surface area contributed by atoms with Crippen LogP contribution in [-0.2, 0) is 4.74 Å². The Labute approximate surface area is 195 Å². The van der Waals surface area contributed by atoms with Gasteiger partial charge in [0.25, 0.3) is 0 Å². The van der Waals surface area contributed by atoms with E-state index >= 15 is 0 Å². The molecule has 5 atom stereocenters. The highest BCUT2D eigenvalue weighted by Crippen LogP contribution is 2.50. The first-order valence-electron chi connectivity index (χ1n) is 10.2. The molecule has 1 aromatic heterocycles. The Hall–Kier alpha value is -3.75. The predicted molar refractivity (Wildman–Crippen MR) is 116 cm³/mol. The van der Waals surface area contributed by atoms with Gasteiger partial charge >= 0.3 is 0 Å². The lowest BCUT2D eigenvalue weighted by Crippen LogP contribution is -2.60. The summed E-state index contributed by atoms with van der Waals surface area (Å²) in [5, 5.41) is 79.5. The molecule has 3 aromatic rings. The smallest absolute Gasteiger partial charge is 0.229 e. The summed E-state index contributed by atoms with van der Waals surface area (Å²) < 4.78 is 21.7. The number of phenols is 4. The molecule has 0 saturated carbocycles. The van der Waals surface area contributed by atoms with E-state index in [1.807, 2.05) is 0 Å². The van der Waals surface area contributed by atoms with Crippen LogP contribution in [0.1, 0.15) is 0 Å². The maximum absolute atomic E-state index is 12.8. The molecule has 13 heteroatoms. The van der Waals surface area contributed by atoms with E-state index in [1.165, 1.54) is 6.07 Å². The number of ether oxygens (including phenoxy) is 3. The Morgan fingerprint density at radius 1 is 0.914 bits per heavy atom. The van der Waals surface area contributed by atoms with Gasteiger partial charge in [0, 0.05) is 11.6 Å². The Morgan fingerprint density at radius 2 is 1.63 bits per heavy atom. The van der Waals surface area contributed by atoms with Crippen molar-refractivity contribution in [2.24, 2.45) is 0 Å². The van der Waals surface area contributed by atoms with E-state index in [0.29, 0.717) is 0 Å². The van der Waals surface area contributed by atoms with E-state index in [4.69, 9.17) is 18.6 Å². The van der Waals surface area contributed by atoms with Gasteiger partial charge in [-0.25, -0.2) is 0 Å². The third-order valence-corrected chi connectivity index (χ3v) is 5.58. The first-order valence-corrected chi connectivity index (χ1v) is 10.2. The molecule has 0 aliphatic carbocycles. The Kier molecular flexibility index (Phi) is 6.36. The largest absolute Gasteiger partial charge is 0.504 e. The predicted octanol–water partition coefficient (Wildman–Crippen LogP) is -0.530. The lowest BCUT2D eigenvalue weighted by atomic mass is 9.99. The van der Waals surface area contributed by atoms with Gasteiger partial charge in [0.1, 0.15) is 35.6 Å². The molecule has 1 fully saturated rings. The number of fused-ring (bicyclic) bond motifs is 1. The van der Waals surface area contributed by atoms with Crippen LogP contribution in [0.15, 0.2) is 33.5 Å². The number of methoxy groups -OCH3 is 1. The zero-order chi connectivity index (χ0) is 25.6. The Balaban J connectivity index is 1.87. The summed E-state index contributed by atoms with van der Waals surface area (Å²) in [5.41, 5.74) is -1.03. The van der Waals surface area contributed by atoms with Crippen molar-refractivity contribution in [1.29, 1.82) is 0 Å². The zero-order valence-corrected chi connectivity index (χ0v) is 18.0. The molecule has 1 saturated heterocycles. The number of aliphatic hydroxyl groups excluding tert-OH is 4. The molecule has 1 aliphatic heterocycles. The quantitative estimate of drug-likeness (QED) is 0.209. The van der Waals surface area contributed by atoms with Crippen LogP contribution in [0, 0.1) is 0 Å². The van der Waals surface area contributed by atoms with Gasteiger partial charge in [0.05, 0.1) is 13.7 Å². The van der Waals surface area contributed by atoms with Crippen molar-refractivity contribution in [3.05, 3.63) is 34.5 Å². The molecule has 13 nitrogen and oxygen atoms in total. The monoisotopic (exact) mass is 494 g/mol. The van der Waals surface area contributed by atoms with E-state index in [1.54, 1.807) is 0 Å². The van der Waals surface area contributed by atoms with E-state index < -0.39 is 88.2 Å². The number of rotatable bonds is 5. The number of hydrogen-bond donors (Lipinski definition) is 8. The SMILES string of the molecule is COc1c(O[C@@H]2O[C@H](CO)[C@@H](O)[C@H](O)[C@H]2O)c(O)c(O)c2c(=O)cc(-c3ccc(O)c(O)c3)oc12. The lowest BCUT2D eigenvalue weighted by molar-refractivity contribution is -0.277. The van der Waals surface area contributed by atoms with Crippen molar-refractivity contribution >= 4 is 11.0 Å². The van der Waals surface area contributed by atoms with Crippen LogP contribution >= 0.6 is 0 Å². The van der Waals surface area contributed by atoms with Gasteiger partial charge in [-0.05, 0) is 18.2 Å². The number of hydrogen-bond acceptors (Lipinski definition) is 13. The van der Waals surface area contributed by atoms with Gasteiger partial charge in [-0.1, -0.05) is 0 Å². The molecular formula is C22H22O13. The molecule has 0 unspecified atom stereocenters. The molecule has 0 radical (unpaired) electrons. The number of aliphatic hydroxyl groups is 4. The van der Waals surface area contributed by atoms with Gasteiger partial charge in [0.2, 0.25) is 23.5 Å². The van der Waals surface area contributed by atoms with Crippen LogP contribution in [0.25, 0.3) is 22.3 Å². The molecule has 0 spiro atoms. The fourth-order valence-electron chi connectivity index (χ4n) is 3.71. The molecular weight excluding hydrogens is 472 g/mol. The molecule has 188 valence electrons. The molecule has 0 amide bonds. The molecule has 2 heterocycles. The third kappa shape index (κ3) is 4.05. The normalized spacial score (nSPS) is 24.4. The summed E-state index contributed by atoms with van der Waals surface area (Å²) in [6.45, 7) is -0.741. The average Bonchev–Trinajstić information content (AvgIpc) is 2.83. The van der Waals surface area contributed by atoms with Gasteiger partial charge in [-0.3, -0.25) is 4.79 Å². The third-order valence-electron chi connectivity index (χ3n) is 5.58. The minimum absolute atomic E-state index is 0.111. The van der Waals surface area contributed by atoms with Crippen molar-refractivity contribution in [2.75, 3.05) is 13.7 Å². The van der Waals surface area contributed by atoms with Crippen molar-refractivity contribution < 1.29 is 59.5 Å². The van der Waals surface area contributed by atoms with Crippen molar-refractivity contribution in [3.63, 3.8) is 0 Å². The number of aromatic hydroxyl groups is 4. The highest BCUT2D eigenvalue weighted by molar-refractivity contribution is 5.95. The van der Waals surface area contributed by atoms with E-state index in [0.717, 1.165) is 25.3 Å². The zero-order valence-electron chi connectivity index (χ0n) is 18.0. The second-order valence-electron chi connectivity index (χ2n) is 7.76. The van der Waals surface area contributed by atoms with Gasteiger partial charge in [0.15, 0.2) is 28.3 Å². The molecule has 2 aromatic carbocycles. The van der Waals surface area contributed by atoms with Crippen LogP contribution < -0.4 is 14.9 Å². The summed E-state index contributed by atoms with van der Waals surface area (Å²) in [5.74, 6) is -3.99. The van der Waals surface area contributed by atoms with E-state index in [9.17, 15) is 45.6 Å². The first kappa shape index (κ1) is 24.4. The molecule has 35 heavy (non-hydrogen) atoms. The average molecular weight is 494 g/mol. The Morgan fingerprint density at radius 3 is 2.26 bits per heavy atom. The molecule has 0 bridgehead atoms. The van der Waals surface area contributed by atoms with Gasteiger partial charge < -0.3 is 59.5 Å². The Bertz CT molecular complexity index is 1320. The van der Waals surface area contributed by atoms with Crippen molar-refractivity contribution in [3.8, 4) is 45.8 Å². The maximum atomic E-state index is 12.8. The summed E-state index contributed by atoms with van der Waals surface area (Å²) >= 11 is 0. The lowest BCUT2D eigenvalue weighted by Gasteiger charge is -2.39. The van der Waals surface area contributed by atoms with Crippen LogP contribution in [0.5, 0.6) is 34.5 Å². The summed E-state index contributed by atoms with van der Waals surface area (Å²) in [6.07, 6.45) is -8.40. The minimum Gasteiger partial charge on any atom is -0.504 e. The maximum Gasteiger partial charge on any atom is 0.229 e. The van der Waals surface area contributed by atoms with Gasteiger partial charge in [-0.15, -0.1) is 0 Å². The second-order valence-corrected chi connectivity index (χ2v) is 7.76. The van der Waals surface area contributed by atoms with Crippen LogP contribution in [-0.4, -0.2) is 85.3 Å². The van der Waals surface area contributed by atoms with E-state index in [2.05, 4.69) is 0 Å². The van der Waals surface area contributed by atoms with Crippen LogP contribution in [0.4, 0.5) is 0 Å². The second kappa shape index (κ2) is 9.13. The summed E-state index contributed by atoms with van der Waals surface area (Å²) in [6, 6.07) is 4.60. The highest BCUT2D eigenvalue weighted by atomic mass is 16.7. The number of benzene rings is 2. The molecule has 8 N–H and O–H groups in total. The summed E-state index contributed by atoms with van der Waals surface area (Å²) in [4.78, 5) is 12.8. The fraction of sp³-hybridized carbons (Fsp3) is 0.318. The van der Waals surface area contributed by atoms with Gasteiger partial charge in [-0.2, -0.15) is 0 Å². The van der Waals surface area contributed by atoms with Crippen LogP contribution in [0.3, 0.4) is 0 Å². The molecule has 1 aliphatic rings. The fourth-order valence-corrected chi connectivity index (χ4v) is 3.71.